The minimum atomic E-state index is -0.663. The van der Waals surface area contributed by atoms with Gasteiger partial charge in [-0.15, -0.1) is 0 Å². The number of carbonyl (C=O) groups is 1. The number of benzene rings is 2. The van der Waals surface area contributed by atoms with Gasteiger partial charge in [-0.1, -0.05) is 46.3 Å². The van der Waals surface area contributed by atoms with E-state index in [0.29, 0.717) is 0 Å². The third-order valence-corrected chi connectivity index (χ3v) is 3.38. The van der Waals surface area contributed by atoms with Crippen molar-refractivity contribution in [2.75, 3.05) is 5.32 Å². The molecule has 0 aliphatic rings. The summed E-state index contributed by atoms with van der Waals surface area (Å²) in [6, 6.07) is 14.4. The van der Waals surface area contributed by atoms with Gasteiger partial charge in [0.2, 0.25) is 5.91 Å². The van der Waals surface area contributed by atoms with Crippen LogP contribution in [0.2, 0.25) is 0 Å². The predicted octanol–water partition coefficient (Wildman–Crippen LogP) is 3.40. The first-order valence-electron chi connectivity index (χ1n) is 5.95. The van der Waals surface area contributed by atoms with Crippen molar-refractivity contribution in [1.29, 1.82) is 0 Å². The predicted molar refractivity (Wildman–Crippen MR) is 80.9 cm³/mol. The molecule has 0 radical (unpaired) electrons. The topological polar surface area (TPSA) is 55.1 Å². The molecule has 2 rings (SSSR count). The van der Waals surface area contributed by atoms with E-state index in [-0.39, 0.29) is 5.91 Å². The Morgan fingerprint density at radius 3 is 2.53 bits per heavy atom. The molecule has 3 nitrogen and oxygen atoms in total. The molecule has 1 amide bonds. The summed E-state index contributed by atoms with van der Waals surface area (Å²) in [6.07, 6.45) is 0. The molecule has 1 unspecified atom stereocenters. The van der Waals surface area contributed by atoms with Crippen molar-refractivity contribution in [2.45, 2.75) is 13.0 Å². The van der Waals surface area contributed by atoms with Crippen LogP contribution in [0.5, 0.6) is 0 Å². The van der Waals surface area contributed by atoms with Crippen molar-refractivity contribution in [3.8, 4) is 0 Å². The van der Waals surface area contributed by atoms with E-state index < -0.39 is 6.04 Å². The van der Waals surface area contributed by atoms with Gasteiger partial charge in [0.15, 0.2) is 0 Å². The third-order valence-electron chi connectivity index (χ3n) is 2.89. The van der Waals surface area contributed by atoms with Crippen LogP contribution in [0.3, 0.4) is 0 Å². The summed E-state index contributed by atoms with van der Waals surface area (Å²) in [5, 5.41) is 2.85. The standard InChI is InChI=1S/C15H15BrN2O/c1-10-9-12(16)7-8-13(10)18-15(19)14(17)11-5-3-2-4-6-11/h2-9,14H,17H2,1H3,(H,18,19). The van der Waals surface area contributed by atoms with Gasteiger partial charge in [0.1, 0.15) is 6.04 Å². The maximum Gasteiger partial charge on any atom is 0.245 e. The SMILES string of the molecule is Cc1cc(Br)ccc1NC(=O)C(N)c1ccccc1. The van der Waals surface area contributed by atoms with Crippen LogP contribution in [0.4, 0.5) is 5.69 Å². The molecule has 1 atom stereocenters. The van der Waals surface area contributed by atoms with Crippen LogP contribution in [0.25, 0.3) is 0 Å². The zero-order valence-electron chi connectivity index (χ0n) is 10.6. The molecule has 0 aliphatic carbocycles. The Hall–Kier alpha value is -1.65. The summed E-state index contributed by atoms with van der Waals surface area (Å²) in [7, 11) is 0. The molecular formula is C15H15BrN2O. The number of carbonyl (C=O) groups excluding carboxylic acids is 1. The zero-order valence-corrected chi connectivity index (χ0v) is 12.1. The maximum absolute atomic E-state index is 12.1. The molecule has 98 valence electrons. The largest absolute Gasteiger partial charge is 0.324 e. The van der Waals surface area contributed by atoms with Gasteiger partial charge in [-0.05, 0) is 36.2 Å². The van der Waals surface area contributed by atoms with Crippen LogP contribution in [-0.2, 0) is 4.79 Å². The summed E-state index contributed by atoms with van der Waals surface area (Å²) < 4.78 is 0.982. The second-order valence-electron chi connectivity index (χ2n) is 4.34. The lowest BCUT2D eigenvalue weighted by molar-refractivity contribution is -0.117. The minimum Gasteiger partial charge on any atom is -0.324 e. The number of halogens is 1. The Labute approximate surface area is 121 Å². The highest BCUT2D eigenvalue weighted by Crippen LogP contribution is 2.21. The molecule has 0 heterocycles. The molecule has 0 spiro atoms. The molecule has 19 heavy (non-hydrogen) atoms. The average molecular weight is 319 g/mol. The molecule has 0 saturated heterocycles. The van der Waals surface area contributed by atoms with Gasteiger partial charge in [-0.3, -0.25) is 4.79 Å². The molecular weight excluding hydrogens is 304 g/mol. The van der Waals surface area contributed by atoms with Gasteiger partial charge in [-0.25, -0.2) is 0 Å². The van der Waals surface area contributed by atoms with E-state index in [1.54, 1.807) is 0 Å². The first kappa shape index (κ1) is 13.8. The van der Waals surface area contributed by atoms with E-state index in [1.807, 2.05) is 55.5 Å². The van der Waals surface area contributed by atoms with Crippen molar-refractivity contribution >= 4 is 27.5 Å². The second-order valence-corrected chi connectivity index (χ2v) is 5.25. The molecule has 3 N–H and O–H groups in total. The summed E-state index contributed by atoms with van der Waals surface area (Å²) in [5.74, 6) is -0.211. The highest BCUT2D eigenvalue weighted by molar-refractivity contribution is 9.10. The van der Waals surface area contributed by atoms with Crippen LogP contribution >= 0.6 is 15.9 Å². The normalized spacial score (nSPS) is 11.9. The van der Waals surface area contributed by atoms with Crippen LogP contribution < -0.4 is 11.1 Å². The lowest BCUT2D eigenvalue weighted by Gasteiger charge is -2.14. The monoisotopic (exact) mass is 318 g/mol. The summed E-state index contributed by atoms with van der Waals surface area (Å²) >= 11 is 3.39. The molecule has 2 aromatic carbocycles. The van der Waals surface area contributed by atoms with E-state index >= 15 is 0 Å². The van der Waals surface area contributed by atoms with E-state index in [4.69, 9.17) is 5.73 Å². The Morgan fingerprint density at radius 1 is 1.21 bits per heavy atom. The maximum atomic E-state index is 12.1. The summed E-state index contributed by atoms with van der Waals surface area (Å²) in [6.45, 7) is 1.94. The number of nitrogens with one attached hydrogen (secondary N) is 1. The number of aryl methyl sites for hydroxylation is 1. The van der Waals surface area contributed by atoms with E-state index in [1.165, 1.54) is 0 Å². The van der Waals surface area contributed by atoms with Gasteiger partial charge >= 0.3 is 0 Å². The Kier molecular flexibility index (Phi) is 4.35. The lowest BCUT2D eigenvalue weighted by atomic mass is 10.1. The van der Waals surface area contributed by atoms with Crippen molar-refractivity contribution in [3.63, 3.8) is 0 Å². The fourth-order valence-electron chi connectivity index (χ4n) is 1.79. The van der Waals surface area contributed by atoms with Crippen molar-refractivity contribution in [1.82, 2.24) is 0 Å². The fraction of sp³-hybridized carbons (Fsp3) is 0.133. The van der Waals surface area contributed by atoms with Gasteiger partial charge in [0.25, 0.3) is 0 Å². The fourth-order valence-corrected chi connectivity index (χ4v) is 2.27. The molecule has 0 bridgehead atoms. The van der Waals surface area contributed by atoms with E-state index in [2.05, 4.69) is 21.2 Å². The van der Waals surface area contributed by atoms with Crippen molar-refractivity contribution < 1.29 is 4.79 Å². The van der Waals surface area contributed by atoms with Crippen molar-refractivity contribution in [3.05, 3.63) is 64.1 Å². The highest BCUT2D eigenvalue weighted by atomic mass is 79.9. The Bertz CT molecular complexity index is 584. The van der Waals surface area contributed by atoms with Gasteiger partial charge in [0, 0.05) is 10.2 Å². The number of anilines is 1. The average Bonchev–Trinajstić information content (AvgIpc) is 2.42. The van der Waals surface area contributed by atoms with Gasteiger partial charge in [-0.2, -0.15) is 0 Å². The first-order valence-corrected chi connectivity index (χ1v) is 6.75. The van der Waals surface area contributed by atoms with Crippen LogP contribution in [0.1, 0.15) is 17.2 Å². The van der Waals surface area contributed by atoms with E-state index in [0.717, 1.165) is 21.3 Å². The first-order chi connectivity index (χ1) is 9.08. The minimum absolute atomic E-state index is 0.211. The second kappa shape index (κ2) is 5.99. The molecule has 2 aromatic rings. The molecule has 0 fully saturated rings. The van der Waals surface area contributed by atoms with Crippen LogP contribution in [0.15, 0.2) is 53.0 Å². The van der Waals surface area contributed by atoms with Crippen molar-refractivity contribution in [2.24, 2.45) is 5.73 Å². The quantitative estimate of drug-likeness (QED) is 0.911. The van der Waals surface area contributed by atoms with Gasteiger partial charge < -0.3 is 11.1 Å². The van der Waals surface area contributed by atoms with Gasteiger partial charge in [0.05, 0.1) is 0 Å². The van der Waals surface area contributed by atoms with E-state index in [9.17, 15) is 4.79 Å². The van der Waals surface area contributed by atoms with Crippen LogP contribution in [-0.4, -0.2) is 5.91 Å². The smallest absolute Gasteiger partial charge is 0.245 e. The zero-order chi connectivity index (χ0) is 13.8. The molecule has 0 aromatic heterocycles. The highest BCUT2D eigenvalue weighted by Gasteiger charge is 2.16. The lowest BCUT2D eigenvalue weighted by Crippen LogP contribution is -2.27. The molecule has 0 aliphatic heterocycles. The third kappa shape index (κ3) is 3.43. The summed E-state index contributed by atoms with van der Waals surface area (Å²) in [4.78, 5) is 12.1. The number of rotatable bonds is 3. The summed E-state index contributed by atoms with van der Waals surface area (Å²) in [5.41, 5.74) is 8.51. The number of nitrogens with two attached hydrogens (primary N) is 1. The number of hydrogen-bond donors (Lipinski definition) is 2. The molecule has 0 saturated carbocycles. The van der Waals surface area contributed by atoms with Crippen LogP contribution in [0, 0.1) is 6.92 Å². The molecule has 4 heteroatoms. The number of amides is 1. The Balaban J connectivity index is 2.13. The number of hydrogen-bond acceptors (Lipinski definition) is 2. The Morgan fingerprint density at radius 2 is 1.89 bits per heavy atom.